The number of pyridine rings is 1. The second kappa shape index (κ2) is 5.76. The minimum absolute atomic E-state index is 0.252. The van der Waals surface area contributed by atoms with Crippen molar-refractivity contribution >= 4 is 23.2 Å². The van der Waals surface area contributed by atoms with Crippen molar-refractivity contribution in [2.24, 2.45) is 0 Å². The lowest BCUT2D eigenvalue weighted by Crippen LogP contribution is -2.15. The molecule has 0 radical (unpaired) electrons. The molecule has 1 N–H and O–H groups in total. The summed E-state index contributed by atoms with van der Waals surface area (Å²) in [6, 6.07) is 12.4. The van der Waals surface area contributed by atoms with E-state index < -0.39 is 0 Å². The summed E-state index contributed by atoms with van der Waals surface area (Å²) in [7, 11) is 0. The van der Waals surface area contributed by atoms with E-state index in [2.05, 4.69) is 15.4 Å². The van der Waals surface area contributed by atoms with Crippen LogP contribution in [0.2, 0.25) is 5.15 Å². The summed E-state index contributed by atoms with van der Waals surface area (Å²) < 4.78 is 1.64. The number of carbonyl (C=O) groups is 1. The Labute approximate surface area is 126 Å². The van der Waals surface area contributed by atoms with Crippen LogP contribution in [-0.4, -0.2) is 20.7 Å². The molecule has 0 unspecified atom stereocenters. The fourth-order valence-electron chi connectivity index (χ4n) is 1.95. The van der Waals surface area contributed by atoms with E-state index in [9.17, 15) is 4.79 Å². The van der Waals surface area contributed by atoms with Gasteiger partial charge in [0.25, 0.3) is 5.91 Å². The van der Waals surface area contributed by atoms with Gasteiger partial charge in [-0.25, -0.2) is 9.67 Å². The predicted molar refractivity (Wildman–Crippen MR) is 80.8 cm³/mol. The van der Waals surface area contributed by atoms with Gasteiger partial charge in [0.15, 0.2) is 5.15 Å². The quantitative estimate of drug-likeness (QED) is 0.756. The van der Waals surface area contributed by atoms with E-state index in [0.717, 1.165) is 0 Å². The van der Waals surface area contributed by atoms with Crippen LogP contribution in [-0.2, 0) is 0 Å². The first kappa shape index (κ1) is 13.3. The van der Waals surface area contributed by atoms with Gasteiger partial charge in [0, 0.05) is 18.6 Å². The normalized spacial score (nSPS) is 10.3. The molecule has 21 heavy (non-hydrogen) atoms. The van der Waals surface area contributed by atoms with E-state index in [-0.39, 0.29) is 11.1 Å². The number of hydrogen-bond acceptors (Lipinski definition) is 3. The van der Waals surface area contributed by atoms with Crippen molar-refractivity contribution in [1.82, 2.24) is 14.8 Å². The zero-order valence-corrected chi connectivity index (χ0v) is 11.7. The summed E-state index contributed by atoms with van der Waals surface area (Å²) in [4.78, 5) is 16.4. The van der Waals surface area contributed by atoms with Crippen molar-refractivity contribution < 1.29 is 4.79 Å². The number of amides is 1. The largest absolute Gasteiger partial charge is 0.319 e. The molecule has 1 aromatic carbocycles. The molecule has 0 saturated carbocycles. The van der Waals surface area contributed by atoms with Crippen molar-refractivity contribution in [2.75, 3.05) is 5.32 Å². The lowest BCUT2D eigenvalue weighted by atomic mass is 10.1. The summed E-state index contributed by atoms with van der Waals surface area (Å²) in [5.41, 5.74) is 1.67. The Kier molecular flexibility index (Phi) is 3.66. The fourth-order valence-corrected chi connectivity index (χ4v) is 2.11. The summed E-state index contributed by atoms with van der Waals surface area (Å²) in [6.07, 6.45) is 5.01. The van der Waals surface area contributed by atoms with Crippen LogP contribution in [0.3, 0.4) is 0 Å². The van der Waals surface area contributed by atoms with Crippen LogP contribution < -0.4 is 5.32 Å². The maximum atomic E-state index is 12.4. The molecule has 104 valence electrons. The number of hydrogen-bond donors (Lipinski definition) is 1. The predicted octanol–water partition coefficient (Wildman–Crippen LogP) is 3.17. The van der Waals surface area contributed by atoms with Gasteiger partial charge in [-0.05, 0) is 30.3 Å². The molecule has 2 heterocycles. The second-order valence-electron chi connectivity index (χ2n) is 4.26. The van der Waals surface area contributed by atoms with Gasteiger partial charge in [-0.1, -0.05) is 23.7 Å². The van der Waals surface area contributed by atoms with Crippen LogP contribution in [0, 0.1) is 0 Å². The minimum atomic E-state index is -0.268. The molecular weight excluding hydrogens is 288 g/mol. The van der Waals surface area contributed by atoms with Crippen LogP contribution in [0.4, 0.5) is 5.69 Å². The number of nitrogens with zero attached hydrogens (tertiary/aromatic N) is 3. The zero-order valence-electron chi connectivity index (χ0n) is 10.9. The highest BCUT2D eigenvalue weighted by Gasteiger charge is 2.14. The van der Waals surface area contributed by atoms with E-state index in [1.165, 1.54) is 0 Å². The van der Waals surface area contributed by atoms with E-state index in [1.54, 1.807) is 53.6 Å². The molecule has 0 aliphatic carbocycles. The van der Waals surface area contributed by atoms with Crippen LogP contribution >= 0.6 is 11.6 Å². The van der Waals surface area contributed by atoms with Crippen molar-refractivity contribution in [3.05, 3.63) is 71.8 Å². The molecule has 0 fully saturated rings. The van der Waals surface area contributed by atoms with Crippen LogP contribution in [0.25, 0.3) is 5.69 Å². The Morgan fingerprint density at radius 3 is 2.71 bits per heavy atom. The summed E-state index contributed by atoms with van der Waals surface area (Å²) in [6.45, 7) is 0. The molecular formula is C15H11ClN4O. The average Bonchev–Trinajstić information content (AvgIpc) is 3.04. The lowest BCUT2D eigenvalue weighted by molar-refractivity contribution is 0.102. The lowest BCUT2D eigenvalue weighted by Gasteiger charge is -2.10. The number of halogens is 1. The number of para-hydroxylation sites is 1. The molecule has 3 rings (SSSR count). The molecule has 0 atom stereocenters. The zero-order chi connectivity index (χ0) is 14.7. The Morgan fingerprint density at radius 1 is 1.10 bits per heavy atom. The number of rotatable bonds is 3. The number of carbonyl (C=O) groups excluding carboxylic acids is 1. The van der Waals surface area contributed by atoms with Gasteiger partial charge in [-0.3, -0.25) is 4.79 Å². The third-order valence-electron chi connectivity index (χ3n) is 2.91. The first-order chi connectivity index (χ1) is 10.3. The standard InChI is InChI=1S/C15H11ClN4O/c16-14-12(6-3-8-17-14)19-15(21)11-5-1-2-7-13(11)20-10-4-9-18-20/h1-10H,(H,19,21). The number of anilines is 1. The summed E-state index contributed by atoms with van der Waals surface area (Å²) in [5, 5.41) is 7.16. The summed E-state index contributed by atoms with van der Waals surface area (Å²) in [5.74, 6) is -0.268. The van der Waals surface area contributed by atoms with E-state index in [1.807, 2.05) is 12.1 Å². The highest BCUT2D eigenvalue weighted by Crippen LogP contribution is 2.20. The maximum absolute atomic E-state index is 12.4. The smallest absolute Gasteiger partial charge is 0.257 e. The highest BCUT2D eigenvalue weighted by atomic mass is 35.5. The van der Waals surface area contributed by atoms with Crippen LogP contribution in [0.5, 0.6) is 0 Å². The van der Waals surface area contributed by atoms with E-state index in [4.69, 9.17) is 11.6 Å². The van der Waals surface area contributed by atoms with Gasteiger partial charge >= 0.3 is 0 Å². The third kappa shape index (κ3) is 2.78. The van der Waals surface area contributed by atoms with Crippen molar-refractivity contribution in [3.8, 4) is 5.69 Å². The molecule has 2 aromatic heterocycles. The van der Waals surface area contributed by atoms with Crippen molar-refractivity contribution in [2.45, 2.75) is 0 Å². The molecule has 0 spiro atoms. The molecule has 1 amide bonds. The van der Waals surface area contributed by atoms with Gasteiger partial charge in [0.1, 0.15) is 0 Å². The van der Waals surface area contributed by atoms with Gasteiger partial charge < -0.3 is 5.32 Å². The Hall–Kier alpha value is -2.66. The Balaban J connectivity index is 1.94. The second-order valence-corrected chi connectivity index (χ2v) is 4.62. The minimum Gasteiger partial charge on any atom is -0.319 e. The monoisotopic (exact) mass is 298 g/mol. The first-order valence-corrected chi connectivity index (χ1v) is 6.64. The van der Waals surface area contributed by atoms with Crippen LogP contribution in [0.1, 0.15) is 10.4 Å². The van der Waals surface area contributed by atoms with E-state index in [0.29, 0.717) is 16.9 Å². The molecule has 5 nitrogen and oxygen atoms in total. The SMILES string of the molecule is O=C(Nc1cccnc1Cl)c1ccccc1-n1cccn1. The van der Waals surface area contributed by atoms with Crippen molar-refractivity contribution in [3.63, 3.8) is 0 Å². The van der Waals surface area contributed by atoms with Gasteiger partial charge in [0.2, 0.25) is 0 Å². The Bertz CT molecular complexity index is 771. The molecule has 6 heteroatoms. The molecule has 0 aliphatic heterocycles. The number of aromatic nitrogens is 3. The van der Waals surface area contributed by atoms with Gasteiger partial charge in [0.05, 0.1) is 16.9 Å². The third-order valence-corrected chi connectivity index (χ3v) is 3.21. The fraction of sp³-hybridized carbons (Fsp3) is 0. The molecule has 3 aromatic rings. The van der Waals surface area contributed by atoms with Crippen LogP contribution in [0.15, 0.2) is 61.1 Å². The number of benzene rings is 1. The Morgan fingerprint density at radius 2 is 1.95 bits per heavy atom. The molecule has 0 bridgehead atoms. The van der Waals surface area contributed by atoms with Gasteiger partial charge in [-0.2, -0.15) is 5.10 Å². The first-order valence-electron chi connectivity index (χ1n) is 6.26. The number of nitrogens with one attached hydrogen (secondary N) is 1. The van der Waals surface area contributed by atoms with Crippen molar-refractivity contribution in [1.29, 1.82) is 0 Å². The highest BCUT2D eigenvalue weighted by molar-refractivity contribution is 6.32. The van der Waals surface area contributed by atoms with Gasteiger partial charge in [-0.15, -0.1) is 0 Å². The molecule has 0 aliphatic rings. The van der Waals surface area contributed by atoms with E-state index >= 15 is 0 Å². The maximum Gasteiger partial charge on any atom is 0.257 e. The average molecular weight is 299 g/mol. The topological polar surface area (TPSA) is 59.8 Å². The molecule has 0 saturated heterocycles. The summed E-state index contributed by atoms with van der Waals surface area (Å²) >= 11 is 5.95.